The normalized spacial score (nSPS) is 13.2. The van der Waals surface area contributed by atoms with Crippen LogP contribution in [0.4, 0.5) is 0 Å². The molecule has 1 N–H and O–H groups in total. The second-order valence-corrected chi connectivity index (χ2v) is 6.95. The molecule has 0 saturated carbocycles. The van der Waals surface area contributed by atoms with Gasteiger partial charge >= 0.3 is 0 Å². The minimum atomic E-state index is 0.603. The minimum absolute atomic E-state index is 0.603. The molecule has 0 aliphatic heterocycles. The molecule has 0 bridgehead atoms. The van der Waals surface area contributed by atoms with Crippen LogP contribution >= 0.6 is 15.9 Å². The summed E-state index contributed by atoms with van der Waals surface area (Å²) >= 11 is 3.55. The number of nitrogens with one attached hydrogen (secondary N) is 1. The van der Waals surface area contributed by atoms with Gasteiger partial charge in [-0.2, -0.15) is 0 Å². The molecular formula is C17H25BrN2. The molecule has 0 saturated heterocycles. The van der Waals surface area contributed by atoms with Crippen molar-refractivity contribution in [1.82, 2.24) is 9.88 Å². The van der Waals surface area contributed by atoms with Crippen molar-refractivity contribution < 1.29 is 0 Å². The zero-order valence-corrected chi connectivity index (χ0v) is 14.3. The Morgan fingerprint density at radius 3 is 2.70 bits per heavy atom. The highest BCUT2D eigenvalue weighted by molar-refractivity contribution is 9.10. The average Bonchev–Trinajstić information content (AvgIpc) is 2.79. The lowest BCUT2D eigenvalue weighted by Gasteiger charge is -2.15. The number of hydrogen-bond acceptors (Lipinski definition) is 1. The average molecular weight is 337 g/mol. The van der Waals surface area contributed by atoms with Gasteiger partial charge in [0.1, 0.15) is 0 Å². The first-order chi connectivity index (χ1) is 9.56. The minimum Gasteiger partial charge on any atom is -0.346 e. The predicted octanol–water partition coefficient (Wildman–Crippen LogP) is 4.82. The molecule has 0 spiro atoms. The van der Waals surface area contributed by atoms with Gasteiger partial charge in [0, 0.05) is 35.3 Å². The van der Waals surface area contributed by atoms with Crippen LogP contribution in [0.1, 0.15) is 33.6 Å². The molecule has 0 radical (unpaired) electrons. The lowest BCUT2D eigenvalue weighted by Crippen LogP contribution is -2.29. The summed E-state index contributed by atoms with van der Waals surface area (Å²) in [6.45, 7) is 8.90. The summed E-state index contributed by atoms with van der Waals surface area (Å²) in [7, 11) is 0. The molecule has 3 heteroatoms. The lowest BCUT2D eigenvalue weighted by molar-refractivity contribution is 0.443. The third kappa shape index (κ3) is 4.35. The van der Waals surface area contributed by atoms with Crippen LogP contribution < -0.4 is 5.32 Å². The number of halogens is 1. The Balaban J connectivity index is 1.85. The van der Waals surface area contributed by atoms with E-state index in [4.69, 9.17) is 0 Å². The molecule has 110 valence electrons. The molecule has 1 unspecified atom stereocenters. The number of aromatic nitrogens is 1. The van der Waals surface area contributed by atoms with Gasteiger partial charge < -0.3 is 9.88 Å². The highest BCUT2D eigenvalue weighted by Gasteiger charge is 2.04. The molecule has 1 aromatic carbocycles. The summed E-state index contributed by atoms with van der Waals surface area (Å²) in [5, 5.41) is 4.93. The van der Waals surface area contributed by atoms with Gasteiger partial charge in [-0.15, -0.1) is 0 Å². The molecule has 0 amide bonds. The Hall–Kier alpha value is -0.800. The van der Waals surface area contributed by atoms with Crippen LogP contribution in [0.2, 0.25) is 0 Å². The van der Waals surface area contributed by atoms with Crippen molar-refractivity contribution >= 4 is 26.8 Å². The molecule has 1 heterocycles. The highest BCUT2D eigenvalue weighted by Crippen LogP contribution is 2.20. The first-order valence-electron chi connectivity index (χ1n) is 7.54. The van der Waals surface area contributed by atoms with E-state index in [1.807, 2.05) is 0 Å². The first-order valence-corrected chi connectivity index (χ1v) is 8.33. The number of fused-ring (bicyclic) bond motifs is 1. The third-order valence-electron chi connectivity index (χ3n) is 3.76. The second-order valence-electron chi connectivity index (χ2n) is 6.04. The fraction of sp³-hybridized carbons (Fsp3) is 0.529. The predicted molar refractivity (Wildman–Crippen MR) is 91.2 cm³/mol. The summed E-state index contributed by atoms with van der Waals surface area (Å²) in [5.41, 5.74) is 1.30. The van der Waals surface area contributed by atoms with Gasteiger partial charge in [-0.3, -0.25) is 0 Å². The van der Waals surface area contributed by atoms with E-state index < -0.39 is 0 Å². The van der Waals surface area contributed by atoms with Gasteiger partial charge in [-0.1, -0.05) is 35.8 Å². The third-order valence-corrected chi connectivity index (χ3v) is 4.25. The van der Waals surface area contributed by atoms with Crippen LogP contribution in [0.5, 0.6) is 0 Å². The van der Waals surface area contributed by atoms with Crippen LogP contribution in [0.15, 0.2) is 34.9 Å². The molecule has 2 aromatic rings. The molecular weight excluding hydrogens is 312 g/mol. The molecule has 2 nitrogen and oxygen atoms in total. The zero-order valence-electron chi connectivity index (χ0n) is 12.7. The maximum atomic E-state index is 3.62. The summed E-state index contributed by atoms with van der Waals surface area (Å²) in [5.74, 6) is 0.796. The summed E-state index contributed by atoms with van der Waals surface area (Å²) in [4.78, 5) is 0. The van der Waals surface area contributed by atoms with E-state index in [1.54, 1.807) is 0 Å². The number of benzene rings is 1. The maximum Gasteiger partial charge on any atom is 0.0492 e. The van der Waals surface area contributed by atoms with Crippen molar-refractivity contribution in [2.24, 2.45) is 5.92 Å². The molecule has 0 aliphatic carbocycles. The SMILES string of the molecule is CC(C)CCC(C)NCCn1ccc2ccc(Br)cc21. The number of rotatable bonds is 7. The van der Waals surface area contributed by atoms with E-state index in [-0.39, 0.29) is 0 Å². The number of hydrogen-bond donors (Lipinski definition) is 1. The van der Waals surface area contributed by atoms with Gasteiger partial charge in [-0.05, 0) is 49.3 Å². The molecule has 2 rings (SSSR count). The first kappa shape index (κ1) is 15.6. The Labute approximate surface area is 130 Å². The van der Waals surface area contributed by atoms with Crippen molar-refractivity contribution in [2.45, 2.75) is 46.2 Å². The van der Waals surface area contributed by atoms with Crippen LogP contribution in [0, 0.1) is 5.92 Å². The molecule has 20 heavy (non-hydrogen) atoms. The van der Waals surface area contributed by atoms with Crippen LogP contribution in [-0.2, 0) is 6.54 Å². The zero-order chi connectivity index (χ0) is 14.5. The standard InChI is InChI=1S/C17H25BrN2/c1-13(2)4-5-14(3)19-9-11-20-10-8-15-6-7-16(18)12-17(15)20/h6-8,10,12-14,19H,4-5,9,11H2,1-3H3. The van der Waals surface area contributed by atoms with Crippen molar-refractivity contribution in [3.05, 3.63) is 34.9 Å². The van der Waals surface area contributed by atoms with E-state index in [2.05, 4.69) is 77.0 Å². The fourth-order valence-corrected chi connectivity index (χ4v) is 2.82. The smallest absolute Gasteiger partial charge is 0.0492 e. The summed E-state index contributed by atoms with van der Waals surface area (Å²) < 4.78 is 3.46. The van der Waals surface area contributed by atoms with E-state index >= 15 is 0 Å². The lowest BCUT2D eigenvalue weighted by atomic mass is 10.0. The topological polar surface area (TPSA) is 17.0 Å². The van der Waals surface area contributed by atoms with Crippen LogP contribution in [0.3, 0.4) is 0 Å². The van der Waals surface area contributed by atoms with Crippen LogP contribution in [0.25, 0.3) is 10.9 Å². The van der Waals surface area contributed by atoms with Gasteiger partial charge in [0.05, 0.1) is 0 Å². The van der Waals surface area contributed by atoms with E-state index in [0.29, 0.717) is 6.04 Å². The monoisotopic (exact) mass is 336 g/mol. The second kappa shape index (κ2) is 7.28. The fourth-order valence-electron chi connectivity index (χ4n) is 2.47. The van der Waals surface area contributed by atoms with E-state index in [1.165, 1.54) is 23.7 Å². The van der Waals surface area contributed by atoms with E-state index in [0.717, 1.165) is 23.5 Å². The van der Waals surface area contributed by atoms with E-state index in [9.17, 15) is 0 Å². The van der Waals surface area contributed by atoms with Crippen molar-refractivity contribution in [2.75, 3.05) is 6.54 Å². The Bertz CT molecular complexity index is 545. The summed E-state index contributed by atoms with van der Waals surface area (Å²) in [6.07, 6.45) is 4.74. The Kier molecular flexibility index (Phi) is 5.67. The van der Waals surface area contributed by atoms with Crippen LogP contribution in [-0.4, -0.2) is 17.2 Å². The molecule has 0 fully saturated rings. The molecule has 1 aromatic heterocycles. The maximum absolute atomic E-state index is 3.62. The Morgan fingerprint density at radius 2 is 1.95 bits per heavy atom. The number of nitrogens with zero attached hydrogens (tertiary/aromatic N) is 1. The van der Waals surface area contributed by atoms with Gasteiger partial charge in [-0.25, -0.2) is 0 Å². The van der Waals surface area contributed by atoms with Crippen molar-refractivity contribution in [1.29, 1.82) is 0 Å². The Morgan fingerprint density at radius 1 is 1.15 bits per heavy atom. The molecule has 1 atom stereocenters. The van der Waals surface area contributed by atoms with Gasteiger partial charge in [0.25, 0.3) is 0 Å². The highest BCUT2D eigenvalue weighted by atomic mass is 79.9. The van der Waals surface area contributed by atoms with Crippen molar-refractivity contribution in [3.63, 3.8) is 0 Å². The van der Waals surface area contributed by atoms with Gasteiger partial charge in [0.2, 0.25) is 0 Å². The largest absolute Gasteiger partial charge is 0.346 e. The quantitative estimate of drug-likeness (QED) is 0.767. The summed E-state index contributed by atoms with van der Waals surface area (Å²) in [6, 6.07) is 9.24. The molecule has 0 aliphatic rings. The van der Waals surface area contributed by atoms with Crippen molar-refractivity contribution in [3.8, 4) is 0 Å². The van der Waals surface area contributed by atoms with Gasteiger partial charge in [0.15, 0.2) is 0 Å².